The van der Waals surface area contributed by atoms with Gasteiger partial charge in [0.05, 0.1) is 12.1 Å². The van der Waals surface area contributed by atoms with Gasteiger partial charge >= 0.3 is 0 Å². The molecule has 4 rings (SSSR count). The second kappa shape index (κ2) is 5.98. The molecule has 5 nitrogen and oxygen atoms in total. The van der Waals surface area contributed by atoms with Gasteiger partial charge in [0.2, 0.25) is 5.95 Å². The van der Waals surface area contributed by atoms with Gasteiger partial charge < -0.3 is 5.32 Å². The largest absolute Gasteiger partial charge is 0.346 e. The molecule has 1 aliphatic rings. The lowest BCUT2D eigenvalue weighted by Gasteiger charge is -2.31. The Morgan fingerprint density at radius 1 is 1.21 bits per heavy atom. The lowest BCUT2D eigenvalue weighted by molar-refractivity contribution is 0.423. The van der Waals surface area contributed by atoms with Gasteiger partial charge in [-0.2, -0.15) is 0 Å². The smallest absolute Gasteiger partial charge is 0.243 e. The van der Waals surface area contributed by atoms with Crippen molar-refractivity contribution in [3.63, 3.8) is 0 Å². The number of aromatic nitrogens is 4. The molecule has 24 heavy (non-hydrogen) atoms. The second-order valence-corrected chi connectivity index (χ2v) is 6.93. The number of hydrogen-bond acceptors (Lipinski definition) is 4. The number of benzene rings is 2. The van der Waals surface area contributed by atoms with Crippen LogP contribution in [0.5, 0.6) is 0 Å². The number of hydrogen-bond donors (Lipinski definition) is 1. The molecule has 0 spiro atoms. The van der Waals surface area contributed by atoms with Crippen molar-refractivity contribution in [1.29, 1.82) is 0 Å². The summed E-state index contributed by atoms with van der Waals surface area (Å²) in [5, 5.41) is 15.3. The van der Waals surface area contributed by atoms with Gasteiger partial charge in [-0.3, -0.25) is 0 Å². The molecule has 0 aliphatic carbocycles. The van der Waals surface area contributed by atoms with Gasteiger partial charge in [0, 0.05) is 4.47 Å². The van der Waals surface area contributed by atoms with E-state index in [0.717, 1.165) is 22.0 Å². The van der Waals surface area contributed by atoms with Crippen molar-refractivity contribution in [2.24, 2.45) is 0 Å². The number of nitrogens with zero attached hydrogens (tertiary/aromatic N) is 4. The van der Waals surface area contributed by atoms with Crippen LogP contribution in [0.15, 0.2) is 46.9 Å². The van der Waals surface area contributed by atoms with Crippen LogP contribution in [0.1, 0.15) is 35.2 Å². The fourth-order valence-corrected chi connectivity index (χ4v) is 3.67. The van der Waals surface area contributed by atoms with Crippen LogP contribution in [-0.4, -0.2) is 20.2 Å². The fourth-order valence-electron chi connectivity index (χ4n) is 3.19. The number of rotatable bonds is 2. The number of fused-ring (bicyclic) bond motifs is 1. The maximum atomic E-state index is 13.8. The molecule has 1 aromatic heterocycles. The van der Waals surface area contributed by atoms with Crippen LogP contribution in [0.2, 0.25) is 0 Å². The van der Waals surface area contributed by atoms with Crippen LogP contribution < -0.4 is 5.32 Å². The summed E-state index contributed by atoms with van der Waals surface area (Å²) in [7, 11) is 0. The van der Waals surface area contributed by atoms with Crippen LogP contribution in [0.25, 0.3) is 0 Å². The first-order chi connectivity index (χ1) is 11.6. The highest BCUT2D eigenvalue weighted by atomic mass is 79.9. The van der Waals surface area contributed by atoms with Gasteiger partial charge in [-0.25, -0.2) is 9.07 Å². The predicted octanol–water partition coefficient (Wildman–Crippen LogP) is 4.03. The zero-order valence-electron chi connectivity index (χ0n) is 12.9. The molecule has 0 saturated heterocycles. The number of nitrogens with one attached hydrogen (secondary N) is 1. The zero-order valence-corrected chi connectivity index (χ0v) is 14.5. The van der Waals surface area contributed by atoms with Gasteiger partial charge in [0.15, 0.2) is 0 Å². The van der Waals surface area contributed by atoms with Crippen molar-refractivity contribution in [2.75, 3.05) is 5.32 Å². The van der Waals surface area contributed by atoms with E-state index in [1.165, 1.54) is 11.6 Å². The van der Waals surface area contributed by atoms with Crippen LogP contribution in [0, 0.1) is 12.7 Å². The Morgan fingerprint density at radius 3 is 2.88 bits per heavy atom. The Labute approximate surface area is 147 Å². The third-order valence-corrected chi connectivity index (χ3v) is 4.72. The molecule has 0 fully saturated rings. The number of halogens is 2. The van der Waals surface area contributed by atoms with E-state index in [2.05, 4.69) is 61.9 Å². The van der Waals surface area contributed by atoms with Crippen molar-refractivity contribution < 1.29 is 4.39 Å². The molecular formula is C17H15BrFN5. The van der Waals surface area contributed by atoms with E-state index in [4.69, 9.17) is 0 Å². The molecule has 0 bridgehead atoms. The summed E-state index contributed by atoms with van der Waals surface area (Å²) >= 11 is 3.36. The number of tetrazole rings is 1. The van der Waals surface area contributed by atoms with Crippen LogP contribution in [0.4, 0.5) is 10.3 Å². The van der Waals surface area contributed by atoms with E-state index < -0.39 is 0 Å². The summed E-state index contributed by atoms with van der Waals surface area (Å²) in [6.07, 6.45) is 0.734. The predicted molar refractivity (Wildman–Crippen MR) is 92.2 cm³/mol. The molecule has 2 heterocycles. The standard InChI is InChI=1S/C17H15BrFN5/c1-10-3-2-4-11(5-10)16-9-15(20-17-21-22-23-24(16)17)12-6-13(18)8-14(19)7-12/h2-8,15-16H,9H2,1H3,(H,20,21,23)/t15-,16+/m0/s1. The summed E-state index contributed by atoms with van der Waals surface area (Å²) in [6.45, 7) is 2.06. The summed E-state index contributed by atoms with van der Waals surface area (Å²) < 4.78 is 16.3. The zero-order chi connectivity index (χ0) is 16.7. The van der Waals surface area contributed by atoms with Crippen molar-refractivity contribution in [3.8, 4) is 0 Å². The highest BCUT2D eigenvalue weighted by molar-refractivity contribution is 9.10. The third kappa shape index (κ3) is 2.80. The molecule has 7 heteroatoms. The highest BCUT2D eigenvalue weighted by Crippen LogP contribution is 2.37. The van der Waals surface area contributed by atoms with E-state index in [9.17, 15) is 4.39 Å². The number of aryl methyl sites for hydroxylation is 1. The highest BCUT2D eigenvalue weighted by Gasteiger charge is 2.31. The Balaban J connectivity index is 1.76. The Bertz CT molecular complexity index is 874. The topological polar surface area (TPSA) is 55.6 Å². The van der Waals surface area contributed by atoms with E-state index in [1.807, 2.05) is 12.1 Å². The van der Waals surface area contributed by atoms with E-state index in [0.29, 0.717) is 5.95 Å². The third-order valence-electron chi connectivity index (χ3n) is 4.26. The van der Waals surface area contributed by atoms with Crippen molar-refractivity contribution in [3.05, 3.63) is 69.4 Å². The second-order valence-electron chi connectivity index (χ2n) is 6.01. The SMILES string of the molecule is Cc1cccc([C@H]2C[C@@H](c3cc(F)cc(Br)c3)Nc3nnnn32)c1. The maximum absolute atomic E-state index is 13.8. The molecule has 2 atom stereocenters. The lowest BCUT2D eigenvalue weighted by atomic mass is 9.92. The van der Waals surface area contributed by atoms with Crippen molar-refractivity contribution in [2.45, 2.75) is 25.4 Å². The summed E-state index contributed by atoms with van der Waals surface area (Å²) in [5.74, 6) is 0.330. The Hall–Kier alpha value is -2.28. The molecule has 0 radical (unpaired) electrons. The van der Waals surface area contributed by atoms with E-state index in [-0.39, 0.29) is 17.9 Å². The normalized spacial score (nSPS) is 19.6. The van der Waals surface area contributed by atoms with Gasteiger partial charge in [-0.1, -0.05) is 50.9 Å². The molecule has 0 saturated carbocycles. The Kier molecular flexibility index (Phi) is 3.80. The van der Waals surface area contributed by atoms with Gasteiger partial charge in [-0.05, 0) is 53.1 Å². The molecule has 3 aromatic rings. The molecule has 0 unspecified atom stereocenters. The summed E-state index contributed by atoms with van der Waals surface area (Å²) in [4.78, 5) is 0. The Morgan fingerprint density at radius 2 is 2.08 bits per heavy atom. The minimum atomic E-state index is -0.265. The van der Waals surface area contributed by atoms with E-state index in [1.54, 1.807) is 10.7 Å². The van der Waals surface area contributed by atoms with Crippen molar-refractivity contribution >= 4 is 21.9 Å². The first-order valence-electron chi connectivity index (χ1n) is 7.67. The van der Waals surface area contributed by atoms with E-state index >= 15 is 0 Å². The lowest BCUT2D eigenvalue weighted by Crippen LogP contribution is -2.28. The average Bonchev–Trinajstić information content (AvgIpc) is 3.01. The molecule has 0 amide bonds. The van der Waals surface area contributed by atoms with Crippen molar-refractivity contribution in [1.82, 2.24) is 20.2 Å². The van der Waals surface area contributed by atoms with Crippen LogP contribution in [0.3, 0.4) is 0 Å². The van der Waals surface area contributed by atoms with Crippen LogP contribution in [-0.2, 0) is 0 Å². The monoisotopic (exact) mass is 387 g/mol. The minimum Gasteiger partial charge on any atom is -0.346 e. The molecule has 1 aliphatic heterocycles. The molecule has 122 valence electrons. The summed E-state index contributed by atoms with van der Waals surface area (Å²) in [6, 6.07) is 13.2. The fraction of sp³-hybridized carbons (Fsp3) is 0.235. The van der Waals surface area contributed by atoms with Crippen LogP contribution >= 0.6 is 15.9 Å². The average molecular weight is 388 g/mol. The van der Waals surface area contributed by atoms with Gasteiger partial charge in [0.25, 0.3) is 0 Å². The quantitative estimate of drug-likeness (QED) is 0.720. The number of anilines is 1. The first-order valence-corrected chi connectivity index (χ1v) is 8.46. The molecule has 2 aromatic carbocycles. The van der Waals surface area contributed by atoms with Gasteiger partial charge in [-0.15, -0.1) is 0 Å². The molecule has 1 N–H and O–H groups in total. The van der Waals surface area contributed by atoms with Gasteiger partial charge in [0.1, 0.15) is 5.82 Å². The molecular weight excluding hydrogens is 373 g/mol. The summed E-state index contributed by atoms with van der Waals surface area (Å²) in [5.41, 5.74) is 3.20. The maximum Gasteiger partial charge on any atom is 0.243 e. The first kappa shape index (κ1) is 15.3. The minimum absolute atomic E-state index is 0.00296.